The molecule has 1 radical (unpaired) electrons. The number of ether oxygens (including phenoxy) is 2. The molecule has 0 bridgehead atoms. The summed E-state index contributed by atoms with van der Waals surface area (Å²) in [6, 6.07) is 8.72. The summed E-state index contributed by atoms with van der Waals surface area (Å²) in [6.45, 7) is 2.16. The molecule has 23 heavy (non-hydrogen) atoms. The van der Waals surface area contributed by atoms with E-state index in [0.29, 0.717) is 0 Å². The van der Waals surface area contributed by atoms with Crippen molar-refractivity contribution in [2.45, 2.75) is 26.2 Å². The Morgan fingerprint density at radius 3 is 2.39 bits per heavy atom. The van der Waals surface area contributed by atoms with Crippen molar-refractivity contribution in [1.82, 2.24) is 0 Å². The molecule has 2 aliphatic rings. The standard InChI is InChI=1S/C21H21O2/c1-13-19(23-3)12-16-6-4-5-15-11-17(22-2)9-10-18(15)21(16)20(13)14-7-8-14/h7-12H,4-6H2,1-3H3. The van der Waals surface area contributed by atoms with E-state index in [1.807, 2.05) is 0 Å². The van der Waals surface area contributed by atoms with E-state index in [0.717, 1.165) is 30.8 Å². The van der Waals surface area contributed by atoms with Crippen molar-refractivity contribution in [2.24, 2.45) is 0 Å². The summed E-state index contributed by atoms with van der Waals surface area (Å²) in [6.07, 6.45) is 7.71. The molecule has 0 aliphatic heterocycles. The van der Waals surface area contributed by atoms with E-state index < -0.39 is 0 Å². The molecule has 0 unspecified atom stereocenters. The molecule has 0 atom stereocenters. The van der Waals surface area contributed by atoms with Gasteiger partial charge in [0.1, 0.15) is 11.5 Å². The van der Waals surface area contributed by atoms with E-state index >= 15 is 0 Å². The third-order valence-electron chi connectivity index (χ3n) is 4.94. The largest absolute Gasteiger partial charge is 0.497 e. The highest BCUT2D eigenvalue weighted by atomic mass is 16.5. The molecule has 0 amide bonds. The number of aryl methyl sites for hydroxylation is 2. The van der Waals surface area contributed by atoms with Gasteiger partial charge in [0.25, 0.3) is 0 Å². The second kappa shape index (κ2) is 5.45. The van der Waals surface area contributed by atoms with Crippen molar-refractivity contribution in [1.29, 1.82) is 0 Å². The van der Waals surface area contributed by atoms with Crippen molar-refractivity contribution >= 4 is 5.57 Å². The summed E-state index contributed by atoms with van der Waals surface area (Å²) in [5.41, 5.74) is 9.42. The molecule has 0 N–H and O–H groups in total. The summed E-state index contributed by atoms with van der Waals surface area (Å²) in [4.78, 5) is 0. The molecule has 0 aromatic heterocycles. The molecule has 0 saturated heterocycles. The van der Waals surface area contributed by atoms with Crippen LogP contribution in [0, 0.1) is 13.3 Å². The smallest absolute Gasteiger partial charge is 0.122 e. The van der Waals surface area contributed by atoms with Gasteiger partial charge < -0.3 is 9.47 Å². The predicted molar refractivity (Wildman–Crippen MR) is 94.0 cm³/mol. The molecule has 0 fully saturated rings. The van der Waals surface area contributed by atoms with Crippen molar-refractivity contribution in [2.75, 3.05) is 14.2 Å². The average Bonchev–Trinajstić information content (AvgIpc) is 3.40. The maximum atomic E-state index is 5.63. The van der Waals surface area contributed by atoms with E-state index in [-0.39, 0.29) is 0 Å². The van der Waals surface area contributed by atoms with Gasteiger partial charge in [-0.05, 0) is 83.3 Å². The maximum absolute atomic E-state index is 5.63. The normalized spacial score (nSPS) is 15.2. The first-order valence-electron chi connectivity index (χ1n) is 8.16. The first-order chi connectivity index (χ1) is 11.2. The van der Waals surface area contributed by atoms with Crippen LogP contribution in [0.3, 0.4) is 0 Å². The van der Waals surface area contributed by atoms with Crippen LogP contribution in [-0.2, 0) is 12.8 Å². The van der Waals surface area contributed by atoms with E-state index in [9.17, 15) is 0 Å². The van der Waals surface area contributed by atoms with Gasteiger partial charge in [0.15, 0.2) is 0 Å². The van der Waals surface area contributed by atoms with Crippen molar-refractivity contribution in [3.05, 3.63) is 59.0 Å². The van der Waals surface area contributed by atoms with Crippen molar-refractivity contribution < 1.29 is 9.47 Å². The average molecular weight is 305 g/mol. The Balaban J connectivity index is 2.01. The molecule has 0 spiro atoms. The van der Waals surface area contributed by atoms with Gasteiger partial charge in [0.2, 0.25) is 0 Å². The van der Waals surface area contributed by atoms with Crippen LogP contribution < -0.4 is 9.47 Å². The van der Waals surface area contributed by atoms with Crippen LogP contribution in [0.15, 0.2) is 30.3 Å². The molecule has 0 saturated carbocycles. The molecule has 2 aromatic rings. The van der Waals surface area contributed by atoms with Gasteiger partial charge in [-0.2, -0.15) is 0 Å². The number of fused-ring (bicyclic) bond motifs is 3. The third-order valence-corrected chi connectivity index (χ3v) is 4.94. The van der Waals surface area contributed by atoms with Crippen molar-refractivity contribution in [3.8, 4) is 22.6 Å². The molecular formula is C21H21O2. The topological polar surface area (TPSA) is 18.5 Å². The molecule has 2 aliphatic carbocycles. The number of methoxy groups -OCH3 is 2. The van der Waals surface area contributed by atoms with Crippen LogP contribution >= 0.6 is 0 Å². The van der Waals surface area contributed by atoms with Crippen LogP contribution in [0.4, 0.5) is 0 Å². The fourth-order valence-electron chi connectivity index (χ4n) is 3.71. The van der Waals surface area contributed by atoms with Gasteiger partial charge >= 0.3 is 0 Å². The highest BCUT2D eigenvalue weighted by Gasteiger charge is 2.26. The lowest BCUT2D eigenvalue weighted by Gasteiger charge is -2.19. The van der Waals surface area contributed by atoms with Crippen LogP contribution in [0.5, 0.6) is 11.5 Å². The van der Waals surface area contributed by atoms with Crippen LogP contribution in [0.1, 0.15) is 28.7 Å². The van der Waals surface area contributed by atoms with Gasteiger partial charge in [-0.1, -0.05) is 12.1 Å². The molecule has 0 heterocycles. The van der Waals surface area contributed by atoms with Crippen LogP contribution in [-0.4, -0.2) is 14.2 Å². The predicted octanol–water partition coefficient (Wildman–Crippen LogP) is 4.77. The van der Waals surface area contributed by atoms with Gasteiger partial charge in [0, 0.05) is 6.42 Å². The number of benzene rings is 2. The minimum absolute atomic E-state index is 0.941. The first-order valence-corrected chi connectivity index (χ1v) is 8.16. The summed E-state index contributed by atoms with van der Waals surface area (Å²) in [5.74, 6) is 1.94. The zero-order valence-corrected chi connectivity index (χ0v) is 13.9. The molecule has 2 nitrogen and oxygen atoms in total. The summed E-state index contributed by atoms with van der Waals surface area (Å²) in [5, 5.41) is 0. The van der Waals surface area contributed by atoms with Crippen molar-refractivity contribution in [3.63, 3.8) is 0 Å². The maximum Gasteiger partial charge on any atom is 0.122 e. The lowest BCUT2D eigenvalue weighted by atomic mass is 9.87. The van der Waals surface area contributed by atoms with Gasteiger partial charge in [-0.25, -0.2) is 0 Å². The Morgan fingerprint density at radius 2 is 1.70 bits per heavy atom. The zero-order chi connectivity index (χ0) is 16.0. The monoisotopic (exact) mass is 305 g/mol. The van der Waals surface area contributed by atoms with Gasteiger partial charge in [0.05, 0.1) is 14.2 Å². The summed E-state index contributed by atoms with van der Waals surface area (Å²) < 4.78 is 11.1. The third kappa shape index (κ3) is 2.33. The Bertz CT molecular complexity index is 815. The minimum Gasteiger partial charge on any atom is -0.497 e. The molecule has 2 heteroatoms. The Hall–Kier alpha value is -2.22. The Kier molecular flexibility index (Phi) is 3.41. The first kappa shape index (κ1) is 14.4. The second-order valence-electron chi connectivity index (χ2n) is 6.28. The molecule has 117 valence electrons. The highest BCUT2D eigenvalue weighted by molar-refractivity contribution is 5.97. The van der Waals surface area contributed by atoms with E-state index in [1.54, 1.807) is 14.2 Å². The SMILES string of the molecule is COc1ccc2c(c1)CCCc1cc(OC)c(C)c(C3=C[CH]3)c1-2. The second-order valence-corrected chi connectivity index (χ2v) is 6.28. The Morgan fingerprint density at radius 1 is 0.913 bits per heavy atom. The number of rotatable bonds is 3. The van der Waals surface area contributed by atoms with Gasteiger partial charge in [-0.15, -0.1) is 0 Å². The lowest BCUT2D eigenvalue weighted by Crippen LogP contribution is -1.99. The summed E-state index contributed by atoms with van der Waals surface area (Å²) >= 11 is 0. The minimum atomic E-state index is 0.941. The fraction of sp³-hybridized carbons (Fsp3) is 0.286. The molecule has 2 aromatic carbocycles. The number of hydrogen-bond donors (Lipinski definition) is 0. The lowest BCUT2D eigenvalue weighted by molar-refractivity contribution is 0.411. The quantitative estimate of drug-likeness (QED) is 0.813. The zero-order valence-electron chi connectivity index (χ0n) is 13.9. The van der Waals surface area contributed by atoms with E-state index in [2.05, 4.69) is 43.7 Å². The van der Waals surface area contributed by atoms with Crippen LogP contribution in [0.25, 0.3) is 16.7 Å². The fourth-order valence-corrected chi connectivity index (χ4v) is 3.71. The summed E-state index contributed by atoms with van der Waals surface area (Å²) in [7, 11) is 3.50. The van der Waals surface area contributed by atoms with Gasteiger partial charge in [-0.3, -0.25) is 0 Å². The van der Waals surface area contributed by atoms with E-state index in [4.69, 9.17) is 9.47 Å². The number of allylic oxidation sites excluding steroid dienone is 2. The highest BCUT2D eigenvalue weighted by Crippen LogP contribution is 2.47. The Labute approximate surface area is 137 Å². The molecule has 4 rings (SSSR count). The number of hydrogen-bond acceptors (Lipinski definition) is 2. The molecular weight excluding hydrogens is 284 g/mol. The van der Waals surface area contributed by atoms with E-state index in [1.165, 1.54) is 39.0 Å². The van der Waals surface area contributed by atoms with Crippen LogP contribution in [0.2, 0.25) is 0 Å².